The zero-order valence-corrected chi connectivity index (χ0v) is 18.6. The molecule has 0 fully saturated rings. The quantitative estimate of drug-likeness (QED) is 0.482. The lowest BCUT2D eigenvalue weighted by atomic mass is 9.94. The molecular formula is C24H23N3O4S. The molecular weight excluding hydrogens is 426 g/mol. The van der Waals surface area contributed by atoms with Crippen molar-refractivity contribution in [3.05, 3.63) is 77.2 Å². The number of ether oxygens (including phenoxy) is 1. The van der Waals surface area contributed by atoms with Crippen LogP contribution in [0.4, 0.5) is 0 Å². The maximum atomic E-state index is 13.6. The van der Waals surface area contributed by atoms with Gasteiger partial charge in [-0.15, -0.1) is 11.3 Å². The normalized spacial score (nSPS) is 18.1. The Labute approximate surface area is 189 Å². The zero-order valence-electron chi connectivity index (χ0n) is 17.8. The van der Waals surface area contributed by atoms with Gasteiger partial charge in [0.1, 0.15) is 27.6 Å². The van der Waals surface area contributed by atoms with E-state index in [2.05, 4.69) is 5.32 Å². The van der Waals surface area contributed by atoms with Crippen molar-refractivity contribution in [1.82, 2.24) is 14.8 Å². The second-order valence-corrected chi connectivity index (χ2v) is 8.93. The molecule has 1 aromatic carbocycles. The summed E-state index contributed by atoms with van der Waals surface area (Å²) in [5.74, 6) is 0.917. The van der Waals surface area contributed by atoms with E-state index in [-0.39, 0.29) is 18.4 Å². The number of benzene rings is 1. The number of amides is 2. The molecule has 0 saturated heterocycles. The number of nitrogens with zero attached hydrogens (tertiary/aromatic N) is 2. The second kappa shape index (κ2) is 7.87. The Kier molecular flexibility index (Phi) is 5.01. The van der Waals surface area contributed by atoms with Crippen LogP contribution in [-0.4, -0.2) is 33.9 Å². The van der Waals surface area contributed by atoms with E-state index in [1.807, 2.05) is 59.3 Å². The average Bonchev–Trinajstić information content (AvgIpc) is 3.54. The lowest BCUT2D eigenvalue weighted by Crippen LogP contribution is -2.63. The van der Waals surface area contributed by atoms with Gasteiger partial charge in [0, 0.05) is 17.5 Å². The van der Waals surface area contributed by atoms with Crippen molar-refractivity contribution in [3.8, 4) is 5.75 Å². The SMILES string of the molecule is COc1ccccc1CNC(=O)[C@@]1(C)Cn2c(cc3ccsc32)C(=O)N1Cc1ccco1. The van der Waals surface area contributed by atoms with Crippen molar-refractivity contribution in [2.45, 2.75) is 32.1 Å². The van der Waals surface area contributed by atoms with Gasteiger partial charge < -0.3 is 23.9 Å². The molecule has 0 spiro atoms. The average molecular weight is 450 g/mol. The molecule has 0 bridgehead atoms. The van der Waals surface area contributed by atoms with Crippen LogP contribution >= 0.6 is 11.3 Å². The molecule has 7 nitrogen and oxygen atoms in total. The number of hydrogen-bond acceptors (Lipinski definition) is 5. The van der Waals surface area contributed by atoms with E-state index < -0.39 is 5.54 Å². The summed E-state index contributed by atoms with van der Waals surface area (Å²) in [4.78, 5) is 29.8. The molecule has 1 atom stereocenters. The molecule has 1 aliphatic heterocycles. The number of nitrogens with one attached hydrogen (secondary N) is 1. The van der Waals surface area contributed by atoms with Crippen LogP contribution in [-0.2, 0) is 24.4 Å². The van der Waals surface area contributed by atoms with Gasteiger partial charge in [-0.1, -0.05) is 18.2 Å². The first-order valence-electron chi connectivity index (χ1n) is 10.3. The maximum Gasteiger partial charge on any atom is 0.271 e. The second-order valence-electron chi connectivity index (χ2n) is 8.04. The fraction of sp³-hybridized carbons (Fsp3) is 0.250. The van der Waals surface area contributed by atoms with Crippen LogP contribution in [0.1, 0.15) is 28.7 Å². The zero-order chi connectivity index (χ0) is 22.3. The van der Waals surface area contributed by atoms with Gasteiger partial charge in [0.2, 0.25) is 5.91 Å². The smallest absolute Gasteiger partial charge is 0.271 e. The molecule has 3 aromatic heterocycles. The molecule has 0 aliphatic carbocycles. The molecule has 0 saturated carbocycles. The van der Waals surface area contributed by atoms with Crippen LogP contribution in [0.5, 0.6) is 5.75 Å². The summed E-state index contributed by atoms with van der Waals surface area (Å²) >= 11 is 1.57. The minimum absolute atomic E-state index is 0.189. The summed E-state index contributed by atoms with van der Waals surface area (Å²) in [6.45, 7) is 2.68. The standard InChI is InChI=1S/C24H23N3O4S/c1-24(23(29)25-13-17-6-3-4-8-20(17)30-2)15-26-19(12-16-9-11-32-22(16)26)21(28)27(24)14-18-7-5-10-31-18/h3-12H,13-15H2,1-2H3,(H,25,29)/t24-/m1/s1. The van der Waals surface area contributed by atoms with Crippen molar-refractivity contribution in [3.63, 3.8) is 0 Å². The Bertz CT molecular complexity index is 1290. The number of thiophene rings is 1. The fourth-order valence-corrected chi connectivity index (χ4v) is 5.18. The van der Waals surface area contributed by atoms with E-state index in [0.717, 1.165) is 15.8 Å². The monoisotopic (exact) mass is 449 g/mol. The van der Waals surface area contributed by atoms with Crippen LogP contribution in [0, 0.1) is 0 Å². The minimum atomic E-state index is -1.10. The number of hydrogen-bond donors (Lipinski definition) is 1. The molecule has 0 unspecified atom stereocenters. The van der Waals surface area contributed by atoms with Crippen LogP contribution in [0.15, 0.2) is 64.6 Å². The fourth-order valence-electron chi connectivity index (χ4n) is 4.28. The number of furan rings is 1. The van der Waals surface area contributed by atoms with Crippen molar-refractivity contribution < 1.29 is 18.7 Å². The number of carbonyl (C=O) groups is 2. The summed E-state index contributed by atoms with van der Waals surface area (Å²) in [6, 6.07) is 15.0. The van der Waals surface area contributed by atoms with Gasteiger partial charge >= 0.3 is 0 Å². The summed E-state index contributed by atoms with van der Waals surface area (Å²) in [7, 11) is 1.60. The lowest BCUT2D eigenvalue weighted by molar-refractivity contribution is -0.133. The molecule has 0 radical (unpaired) electrons. The summed E-state index contributed by atoms with van der Waals surface area (Å²) in [6.07, 6.45) is 1.57. The van der Waals surface area contributed by atoms with E-state index >= 15 is 0 Å². The Balaban J connectivity index is 1.49. The predicted molar refractivity (Wildman–Crippen MR) is 122 cm³/mol. The highest BCUT2D eigenvalue weighted by Gasteiger charge is 2.48. The van der Waals surface area contributed by atoms with Crippen LogP contribution in [0.3, 0.4) is 0 Å². The number of fused-ring (bicyclic) bond motifs is 3. The van der Waals surface area contributed by atoms with E-state index in [9.17, 15) is 9.59 Å². The van der Waals surface area contributed by atoms with Gasteiger partial charge in [0.05, 0.1) is 26.5 Å². The number of aromatic nitrogens is 1. The van der Waals surface area contributed by atoms with E-state index in [4.69, 9.17) is 9.15 Å². The third kappa shape index (κ3) is 3.27. The van der Waals surface area contributed by atoms with Gasteiger partial charge in [-0.05, 0) is 42.6 Å². The number of para-hydroxylation sites is 1. The van der Waals surface area contributed by atoms with E-state index in [0.29, 0.717) is 30.3 Å². The third-order valence-corrected chi connectivity index (χ3v) is 7.00. The molecule has 2 amide bonds. The molecule has 5 rings (SSSR count). The summed E-state index contributed by atoms with van der Waals surface area (Å²) in [5.41, 5.74) is 0.358. The van der Waals surface area contributed by atoms with Crippen LogP contribution in [0.25, 0.3) is 10.2 Å². The molecule has 8 heteroatoms. The third-order valence-electron chi connectivity index (χ3n) is 6.04. The van der Waals surface area contributed by atoms with E-state index in [1.54, 1.807) is 35.7 Å². The molecule has 4 aromatic rings. The Morgan fingerprint density at radius 2 is 2.09 bits per heavy atom. The number of rotatable bonds is 6. The predicted octanol–water partition coefficient (Wildman–Crippen LogP) is 4.04. The minimum Gasteiger partial charge on any atom is -0.496 e. The lowest BCUT2D eigenvalue weighted by Gasteiger charge is -2.43. The van der Waals surface area contributed by atoms with Crippen LogP contribution < -0.4 is 10.1 Å². The van der Waals surface area contributed by atoms with Gasteiger partial charge in [0.15, 0.2) is 0 Å². The van der Waals surface area contributed by atoms with Gasteiger partial charge in [-0.3, -0.25) is 9.59 Å². The number of carbonyl (C=O) groups excluding carboxylic acids is 2. The van der Waals surface area contributed by atoms with Crippen molar-refractivity contribution in [2.75, 3.05) is 7.11 Å². The molecule has 164 valence electrons. The van der Waals surface area contributed by atoms with E-state index in [1.165, 1.54) is 0 Å². The molecule has 32 heavy (non-hydrogen) atoms. The molecule has 4 heterocycles. The van der Waals surface area contributed by atoms with Gasteiger partial charge in [-0.25, -0.2) is 0 Å². The maximum absolute atomic E-state index is 13.6. The van der Waals surface area contributed by atoms with Gasteiger partial charge in [-0.2, -0.15) is 0 Å². The first-order chi connectivity index (χ1) is 15.5. The van der Waals surface area contributed by atoms with Crippen molar-refractivity contribution >= 4 is 33.4 Å². The van der Waals surface area contributed by atoms with Crippen molar-refractivity contribution in [1.29, 1.82) is 0 Å². The highest BCUT2D eigenvalue weighted by atomic mass is 32.1. The first-order valence-corrected chi connectivity index (χ1v) is 11.2. The summed E-state index contributed by atoms with van der Waals surface area (Å²) in [5, 5.41) is 6.03. The highest BCUT2D eigenvalue weighted by Crippen LogP contribution is 2.35. The summed E-state index contributed by atoms with van der Waals surface area (Å²) < 4.78 is 12.9. The van der Waals surface area contributed by atoms with Gasteiger partial charge in [0.25, 0.3) is 5.91 Å². The largest absolute Gasteiger partial charge is 0.496 e. The first kappa shape index (κ1) is 20.4. The Morgan fingerprint density at radius 1 is 1.25 bits per heavy atom. The molecule has 1 aliphatic rings. The molecule has 1 N–H and O–H groups in total. The highest BCUT2D eigenvalue weighted by molar-refractivity contribution is 7.16. The Hall–Kier alpha value is -3.52. The topological polar surface area (TPSA) is 76.7 Å². The van der Waals surface area contributed by atoms with Crippen molar-refractivity contribution in [2.24, 2.45) is 0 Å². The Morgan fingerprint density at radius 3 is 2.88 bits per heavy atom. The number of methoxy groups -OCH3 is 1. The van der Waals surface area contributed by atoms with Crippen LogP contribution in [0.2, 0.25) is 0 Å².